The minimum Gasteiger partial charge on any atom is -0.449 e. The highest BCUT2D eigenvalue weighted by Crippen LogP contribution is 2.21. The van der Waals surface area contributed by atoms with Crippen molar-refractivity contribution < 1.29 is 22.7 Å². The zero-order valence-electron chi connectivity index (χ0n) is 17.3. The van der Waals surface area contributed by atoms with E-state index in [1.165, 1.54) is 31.2 Å². The maximum absolute atomic E-state index is 12.5. The lowest BCUT2D eigenvalue weighted by molar-refractivity contribution is -0.123. The van der Waals surface area contributed by atoms with Crippen LogP contribution >= 0.6 is 11.6 Å². The molecule has 1 amide bonds. The van der Waals surface area contributed by atoms with Crippen LogP contribution in [0.2, 0.25) is 5.02 Å². The van der Waals surface area contributed by atoms with E-state index < -0.39 is 28.0 Å². The van der Waals surface area contributed by atoms with Gasteiger partial charge in [0.05, 0.1) is 21.2 Å². The van der Waals surface area contributed by atoms with Gasteiger partial charge in [0.2, 0.25) is 0 Å². The van der Waals surface area contributed by atoms with Crippen molar-refractivity contribution in [3.05, 3.63) is 88.9 Å². The SMILES string of the molecule is Cc1ccc(NS(=O)(=O)c2ccc(C(=O)OC(C)C(=O)Nc3ccccc3Cl)cc2)cc1. The number of para-hydroxylation sites is 1. The van der Waals surface area contributed by atoms with E-state index in [2.05, 4.69) is 10.0 Å². The summed E-state index contributed by atoms with van der Waals surface area (Å²) in [5.74, 6) is -1.31. The number of nitrogens with one attached hydrogen (secondary N) is 2. The molecule has 7 nitrogen and oxygen atoms in total. The molecule has 0 heterocycles. The van der Waals surface area contributed by atoms with Crippen LogP contribution in [0.3, 0.4) is 0 Å². The van der Waals surface area contributed by atoms with E-state index >= 15 is 0 Å². The van der Waals surface area contributed by atoms with Gasteiger partial charge >= 0.3 is 5.97 Å². The lowest BCUT2D eigenvalue weighted by Gasteiger charge is -2.14. The number of amides is 1. The van der Waals surface area contributed by atoms with Gasteiger partial charge in [-0.2, -0.15) is 0 Å². The Bertz CT molecular complexity index is 1230. The van der Waals surface area contributed by atoms with E-state index in [4.69, 9.17) is 16.3 Å². The summed E-state index contributed by atoms with van der Waals surface area (Å²) in [5, 5.41) is 2.94. The highest BCUT2D eigenvalue weighted by molar-refractivity contribution is 7.92. The van der Waals surface area contributed by atoms with E-state index in [9.17, 15) is 18.0 Å². The van der Waals surface area contributed by atoms with Crippen LogP contribution < -0.4 is 10.0 Å². The highest BCUT2D eigenvalue weighted by atomic mass is 35.5. The molecule has 3 rings (SSSR count). The first-order chi connectivity index (χ1) is 15.2. The Balaban J connectivity index is 1.63. The number of ether oxygens (including phenoxy) is 1. The number of benzene rings is 3. The van der Waals surface area contributed by atoms with Crippen LogP contribution in [0.4, 0.5) is 11.4 Å². The quantitative estimate of drug-likeness (QED) is 0.488. The fraction of sp³-hybridized carbons (Fsp3) is 0.130. The summed E-state index contributed by atoms with van der Waals surface area (Å²) in [6, 6.07) is 18.8. The summed E-state index contributed by atoms with van der Waals surface area (Å²) in [6.45, 7) is 3.33. The first-order valence-corrected chi connectivity index (χ1v) is 11.5. The number of aryl methyl sites for hydroxylation is 1. The maximum Gasteiger partial charge on any atom is 0.338 e. The average Bonchev–Trinajstić information content (AvgIpc) is 2.76. The molecule has 9 heteroatoms. The van der Waals surface area contributed by atoms with Crippen LogP contribution in [0.25, 0.3) is 0 Å². The van der Waals surface area contributed by atoms with Crippen molar-refractivity contribution in [2.45, 2.75) is 24.8 Å². The third-order valence-electron chi connectivity index (χ3n) is 4.49. The number of carbonyl (C=O) groups is 2. The number of hydrogen-bond acceptors (Lipinski definition) is 5. The van der Waals surface area contributed by atoms with Gasteiger partial charge in [-0.25, -0.2) is 13.2 Å². The van der Waals surface area contributed by atoms with Gasteiger partial charge in [0.25, 0.3) is 15.9 Å². The van der Waals surface area contributed by atoms with Crippen LogP contribution in [-0.4, -0.2) is 26.4 Å². The second kappa shape index (κ2) is 9.84. The van der Waals surface area contributed by atoms with Crippen molar-refractivity contribution in [1.82, 2.24) is 0 Å². The fourth-order valence-electron chi connectivity index (χ4n) is 2.68. The first kappa shape index (κ1) is 23.3. The number of esters is 1. The zero-order valence-corrected chi connectivity index (χ0v) is 18.9. The number of rotatable bonds is 7. The Morgan fingerprint density at radius 1 is 0.938 bits per heavy atom. The van der Waals surface area contributed by atoms with E-state index in [-0.39, 0.29) is 10.5 Å². The van der Waals surface area contributed by atoms with Crippen molar-refractivity contribution >= 4 is 44.9 Å². The summed E-state index contributed by atoms with van der Waals surface area (Å²) in [6.07, 6.45) is -1.09. The molecule has 0 aliphatic heterocycles. The third-order valence-corrected chi connectivity index (χ3v) is 6.22. The standard InChI is InChI=1S/C23H21ClN2O5S/c1-15-7-11-18(12-8-15)26-32(29,30)19-13-9-17(10-14-19)23(28)31-16(2)22(27)25-21-6-4-3-5-20(21)24/h3-14,16,26H,1-2H3,(H,25,27). The first-order valence-electron chi connectivity index (χ1n) is 9.61. The van der Waals surface area contributed by atoms with E-state index in [1.54, 1.807) is 48.5 Å². The molecule has 0 aromatic heterocycles. The van der Waals surface area contributed by atoms with Crippen LogP contribution in [0.15, 0.2) is 77.7 Å². The molecule has 0 fully saturated rings. The summed E-state index contributed by atoms with van der Waals surface area (Å²) >= 11 is 6.01. The van der Waals surface area contributed by atoms with E-state index in [0.717, 1.165) is 5.56 Å². The largest absolute Gasteiger partial charge is 0.449 e. The highest BCUT2D eigenvalue weighted by Gasteiger charge is 2.21. The fourth-order valence-corrected chi connectivity index (χ4v) is 3.93. The Hall–Kier alpha value is -3.36. The molecular formula is C23H21ClN2O5S. The van der Waals surface area contributed by atoms with Gasteiger partial charge in [-0.3, -0.25) is 9.52 Å². The summed E-state index contributed by atoms with van der Waals surface area (Å²) in [7, 11) is -3.82. The molecule has 1 unspecified atom stereocenters. The van der Waals surface area contributed by atoms with Crippen LogP contribution in [0, 0.1) is 6.92 Å². The van der Waals surface area contributed by atoms with Crippen LogP contribution in [0.5, 0.6) is 0 Å². The second-order valence-corrected chi connectivity index (χ2v) is 9.10. The monoisotopic (exact) mass is 472 g/mol. The van der Waals surface area contributed by atoms with Gasteiger partial charge in [0.1, 0.15) is 0 Å². The van der Waals surface area contributed by atoms with Crippen molar-refractivity contribution in [3.8, 4) is 0 Å². The number of carbonyl (C=O) groups excluding carboxylic acids is 2. The molecule has 0 saturated carbocycles. The lowest BCUT2D eigenvalue weighted by atomic mass is 10.2. The van der Waals surface area contributed by atoms with E-state index in [1.807, 2.05) is 6.92 Å². The number of hydrogen-bond donors (Lipinski definition) is 2. The molecule has 0 bridgehead atoms. The smallest absolute Gasteiger partial charge is 0.338 e. The molecular weight excluding hydrogens is 452 g/mol. The molecule has 0 radical (unpaired) electrons. The average molecular weight is 473 g/mol. The minimum absolute atomic E-state index is 0.0147. The predicted octanol–water partition coefficient (Wildman–Crippen LogP) is 4.63. The summed E-state index contributed by atoms with van der Waals surface area (Å²) < 4.78 is 32.8. The van der Waals surface area contributed by atoms with Crippen molar-refractivity contribution in [2.24, 2.45) is 0 Å². The number of anilines is 2. The van der Waals surface area contributed by atoms with Gasteiger partial charge in [-0.15, -0.1) is 0 Å². The molecule has 0 aliphatic rings. The Kier molecular flexibility index (Phi) is 7.17. The van der Waals surface area contributed by atoms with Crippen LogP contribution in [-0.2, 0) is 19.6 Å². The molecule has 3 aromatic carbocycles. The molecule has 2 N–H and O–H groups in total. The lowest BCUT2D eigenvalue weighted by Crippen LogP contribution is -2.30. The Labute approximate surface area is 191 Å². The molecule has 166 valence electrons. The van der Waals surface area contributed by atoms with Gasteiger partial charge in [-0.05, 0) is 62.4 Å². The predicted molar refractivity (Wildman–Crippen MR) is 123 cm³/mol. The van der Waals surface area contributed by atoms with Gasteiger partial charge < -0.3 is 10.1 Å². The normalized spacial score (nSPS) is 12.0. The molecule has 0 spiro atoms. The van der Waals surface area contributed by atoms with Gasteiger partial charge in [0.15, 0.2) is 6.10 Å². The molecule has 3 aromatic rings. The molecule has 32 heavy (non-hydrogen) atoms. The van der Waals surface area contributed by atoms with Crippen LogP contribution in [0.1, 0.15) is 22.8 Å². The number of sulfonamides is 1. The number of halogens is 1. The summed E-state index contributed by atoms with van der Waals surface area (Å²) in [5.41, 5.74) is 1.94. The third kappa shape index (κ3) is 5.87. The minimum atomic E-state index is -3.82. The molecule has 0 aliphatic carbocycles. The molecule has 1 atom stereocenters. The summed E-state index contributed by atoms with van der Waals surface area (Å²) in [4.78, 5) is 24.6. The van der Waals surface area contributed by atoms with Crippen molar-refractivity contribution in [2.75, 3.05) is 10.0 Å². The maximum atomic E-state index is 12.5. The second-order valence-electron chi connectivity index (χ2n) is 7.01. The van der Waals surface area contributed by atoms with Crippen molar-refractivity contribution in [3.63, 3.8) is 0 Å². The van der Waals surface area contributed by atoms with Gasteiger partial charge in [0, 0.05) is 5.69 Å². The Morgan fingerprint density at radius 2 is 1.56 bits per heavy atom. The molecule has 0 saturated heterocycles. The topological polar surface area (TPSA) is 102 Å². The van der Waals surface area contributed by atoms with E-state index in [0.29, 0.717) is 16.4 Å². The van der Waals surface area contributed by atoms with Gasteiger partial charge in [-0.1, -0.05) is 41.4 Å². The zero-order chi connectivity index (χ0) is 23.3. The Morgan fingerprint density at radius 3 is 2.19 bits per heavy atom. The van der Waals surface area contributed by atoms with Crippen molar-refractivity contribution in [1.29, 1.82) is 0 Å².